The van der Waals surface area contributed by atoms with Crippen molar-refractivity contribution in [2.75, 3.05) is 0 Å². The Morgan fingerprint density at radius 1 is 1.38 bits per heavy atom. The molecule has 0 fully saturated rings. The van der Waals surface area contributed by atoms with E-state index in [0.717, 1.165) is 16.3 Å². The maximum absolute atomic E-state index is 12.4. The summed E-state index contributed by atoms with van der Waals surface area (Å²) in [6.07, 6.45) is 0. The quantitative estimate of drug-likeness (QED) is 0.693. The predicted octanol–water partition coefficient (Wildman–Crippen LogP) is 2.24. The molecule has 0 atom stereocenters. The summed E-state index contributed by atoms with van der Waals surface area (Å²) in [4.78, 5) is 14.6. The van der Waals surface area contributed by atoms with Gasteiger partial charge >= 0.3 is 0 Å². The number of hydrogen-bond donors (Lipinski definition) is 0. The Morgan fingerprint density at radius 3 is 2.81 bits per heavy atom. The maximum Gasteiger partial charge on any atom is 0.214 e. The summed E-state index contributed by atoms with van der Waals surface area (Å²) in [6.45, 7) is 4.02. The number of Topliss-reactive ketones (excluding diaryl/α,β-unsaturated/α-hetero) is 1. The van der Waals surface area contributed by atoms with Gasteiger partial charge in [0.25, 0.3) is 0 Å². The number of carbonyl (C=O) groups excluding carboxylic acids is 1. The smallest absolute Gasteiger partial charge is 0.214 e. The van der Waals surface area contributed by atoms with E-state index >= 15 is 0 Å². The third-order valence-electron chi connectivity index (χ3n) is 3.56. The second-order valence-electron chi connectivity index (χ2n) is 4.89. The van der Waals surface area contributed by atoms with E-state index in [1.165, 1.54) is 4.80 Å². The lowest BCUT2D eigenvalue weighted by Crippen LogP contribution is -2.14. The number of hydrogen-bond acceptors (Lipinski definition) is 5. The summed E-state index contributed by atoms with van der Waals surface area (Å²) in [5.74, 6) is 0.546. The highest BCUT2D eigenvalue weighted by Gasteiger charge is 2.16. The average Bonchev–Trinajstić information content (AvgIpc) is 3.16. The Balaban J connectivity index is 1.80. The van der Waals surface area contributed by atoms with Crippen molar-refractivity contribution in [1.29, 1.82) is 0 Å². The summed E-state index contributed by atoms with van der Waals surface area (Å²) >= 11 is 1.55. The first-order valence-electron chi connectivity index (χ1n) is 6.54. The van der Waals surface area contributed by atoms with Gasteiger partial charge in [0, 0.05) is 24.0 Å². The van der Waals surface area contributed by atoms with Crippen molar-refractivity contribution in [2.24, 2.45) is 7.05 Å². The Bertz CT molecular complexity index is 785. The van der Waals surface area contributed by atoms with Gasteiger partial charge in [0.1, 0.15) is 6.54 Å². The third kappa shape index (κ3) is 2.52. The van der Waals surface area contributed by atoms with Crippen molar-refractivity contribution in [1.82, 2.24) is 24.8 Å². The molecule has 21 heavy (non-hydrogen) atoms. The van der Waals surface area contributed by atoms with Crippen LogP contribution >= 0.6 is 11.3 Å². The fourth-order valence-electron chi connectivity index (χ4n) is 2.17. The molecule has 3 aromatic rings. The van der Waals surface area contributed by atoms with Gasteiger partial charge in [-0.05, 0) is 36.6 Å². The second-order valence-corrected chi connectivity index (χ2v) is 5.84. The van der Waals surface area contributed by atoms with Gasteiger partial charge in [-0.3, -0.25) is 4.79 Å². The number of tetrazole rings is 1. The minimum Gasteiger partial charge on any atom is -0.351 e. The van der Waals surface area contributed by atoms with Crippen molar-refractivity contribution in [3.8, 4) is 10.7 Å². The molecule has 0 spiro atoms. The molecule has 7 heteroatoms. The van der Waals surface area contributed by atoms with Crippen molar-refractivity contribution in [3.05, 3.63) is 40.5 Å². The topological polar surface area (TPSA) is 65.6 Å². The zero-order valence-corrected chi connectivity index (χ0v) is 12.9. The first-order valence-corrected chi connectivity index (χ1v) is 7.42. The molecule has 3 rings (SSSR count). The largest absolute Gasteiger partial charge is 0.351 e. The molecule has 6 nitrogen and oxygen atoms in total. The molecule has 3 heterocycles. The number of thiophene rings is 1. The van der Waals surface area contributed by atoms with Crippen molar-refractivity contribution in [2.45, 2.75) is 20.4 Å². The summed E-state index contributed by atoms with van der Waals surface area (Å²) in [5, 5.41) is 14.1. The van der Waals surface area contributed by atoms with E-state index < -0.39 is 0 Å². The zero-order chi connectivity index (χ0) is 15.0. The normalized spacial score (nSPS) is 11.0. The van der Waals surface area contributed by atoms with Gasteiger partial charge in [0.05, 0.1) is 4.88 Å². The van der Waals surface area contributed by atoms with Crippen LogP contribution in [0.4, 0.5) is 0 Å². The average molecular weight is 301 g/mol. The Labute approximate surface area is 126 Å². The van der Waals surface area contributed by atoms with Gasteiger partial charge in [0.2, 0.25) is 5.82 Å². The molecule has 0 N–H and O–H groups in total. The van der Waals surface area contributed by atoms with Crippen LogP contribution in [0.15, 0.2) is 23.6 Å². The van der Waals surface area contributed by atoms with Crippen LogP contribution in [0.5, 0.6) is 0 Å². The van der Waals surface area contributed by atoms with E-state index in [4.69, 9.17) is 0 Å². The molecule has 0 saturated carbocycles. The first kappa shape index (κ1) is 13.7. The molecule has 0 radical (unpaired) electrons. The molecule has 3 aromatic heterocycles. The highest BCUT2D eigenvalue weighted by Crippen LogP contribution is 2.19. The lowest BCUT2D eigenvalue weighted by Gasteiger charge is -2.01. The van der Waals surface area contributed by atoms with Crippen molar-refractivity contribution in [3.63, 3.8) is 0 Å². The van der Waals surface area contributed by atoms with E-state index in [2.05, 4.69) is 15.4 Å². The molecule has 0 unspecified atom stereocenters. The molecular formula is C14H15N5OS. The van der Waals surface area contributed by atoms with Gasteiger partial charge in [-0.15, -0.1) is 21.5 Å². The molecule has 108 valence electrons. The van der Waals surface area contributed by atoms with E-state index in [1.54, 1.807) is 11.3 Å². The summed E-state index contributed by atoms with van der Waals surface area (Å²) in [7, 11) is 1.95. The van der Waals surface area contributed by atoms with Crippen molar-refractivity contribution < 1.29 is 4.79 Å². The van der Waals surface area contributed by atoms with Crippen LogP contribution in [-0.2, 0) is 13.6 Å². The van der Waals surface area contributed by atoms with Crippen LogP contribution in [0.3, 0.4) is 0 Å². The number of carbonyl (C=O) groups is 1. The minimum absolute atomic E-state index is 0.00803. The van der Waals surface area contributed by atoms with Crippen LogP contribution in [0.25, 0.3) is 10.7 Å². The Hall–Kier alpha value is -2.28. The Morgan fingerprint density at radius 2 is 2.19 bits per heavy atom. The van der Waals surface area contributed by atoms with E-state index in [9.17, 15) is 4.79 Å². The minimum atomic E-state index is -0.00803. The number of nitrogens with zero attached hydrogens (tertiary/aromatic N) is 5. The van der Waals surface area contributed by atoms with E-state index in [1.807, 2.05) is 49.0 Å². The first-order chi connectivity index (χ1) is 10.1. The fraction of sp³-hybridized carbons (Fsp3) is 0.286. The third-order valence-corrected chi connectivity index (χ3v) is 4.42. The summed E-state index contributed by atoms with van der Waals surface area (Å²) in [5.41, 5.74) is 2.72. The maximum atomic E-state index is 12.4. The molecule has 0 amide bonds. The van der Waals surface area contributed by atoms with Crippen LogP contribution in [0.2, 0.25) is 0 Å². The predicted molar refractivity (Wildman–Crippen MR) is 80.3 cm³/mol. The number of ketones is 1. The second kappa shape index (κ2) is 5.25. The van der Waals surface area contributed by atoms with Gasteiger partial charge in [-0.1, -0.05) is 6.07 Å². The number of aryl methyl sites for hydroxylation is 1. The van der Waals surface area contributed by atoms with Crippen LogP contribution in [0, 0.1) is 13.8 Å². The molecule has 0 aliphatic heterocycles. The van der Waals surface area contributed by atoms with Crippen LogP contribution in [0.1, 0.15) is 21.7 Å². The number of aromatic nitrogens is 5. The fourth-order valence-corrected chi connectivity index (χ4v) is 2.81. The number of rotatable bonds is 4. The van der Waals surface area contributed by atoms with Gasteiger partial charge < -0.3 is 4.57 Å². The van der Waals surface area contributed by atoms with Crippen molar-refractivity contribution >= 4 is 17.1 Å². The molecule has 0 aliphatic carbocycles. The van der Waals surface area contributed by atoms with Gasteiger partial charge in [0.15, 0.2) is 5.78 Å². The van der Waals surface area contributed by atoms with Crippen LogP contribution < -0.4 is 0 Å². The molecule has 0 aliphatic rings. The highest BCUT2D eigenvalue weighted by atomic mass is 32.1. The summed E-state index contributed by atoms with van der Waals surface area (Å²) < 4.78 is 2.00. The van der Waals surface area contributed by atoms with Gasteiger partial charge in [-0.2, -0.15) is 4.80 Å². The monoisotopic (exact) mass is 301 g/mol. The lowest BCUT2D eigenvalue weighted by atomic mass is 10.1. The molecule has 0 aromatic carbocycles. The molecule has 0 saturated heterocycles. The summed E-state index contributed by atoms with van der Waals surface area (Å²) in [6, 6.07) is 5.76. The SMILES string of the molecule is Cc1cc(C(=O)Cn2nnc(-c3cccs3)n2)c(C)n1C. The van der Waals surface area contributed by atoms with Crippen LogP contribution in [-0.4, -0.2) is 30.6 Å². The highest BCUT2D eigenvalue weighted by molar-refractivity contribution is 7.13. The zero-order valence-electron chi connectivity index (χ0n) is 12.1. The molecular weight excluding hydrogens is 286 g/mol. The van der Waals surface area contributed by atoms with E-state index in [-0.39, 0.29) is 12.3 Å². The van der Waals surface area contributed by atoms with E-state index in [0.29, 0.717) is 11.4 Å². The molecule has 0 bridgehead atoms. The Kier molecular flexibility index (Phi) is 3.42. The lowest BCUT2D eigenvalue weighted by molar-refractivity contribution is 0.0960. The standard InChI is InChI=1S/C14H15N5OS/c1-9-7-11(10(2)18(9)3)12(20)8-19-16-14(15-17-19)13-5-4-6-21-13/h4-7H,8H2,1-3H3. The van der Waals surface area contributed by atoms with Gasteiger partial charge in [-0.25, -0.2) is 0 Å².